The zero-order valence-corrected chi connectivity index (χ0v) is 11.3. The van der Waals surface area contributed by atoms with Gasteiger partial charge in [-0.05, 0) is 24.3 Å². The van der Waals surface area contributed by atoms with E-state index in [4.69, 9.17) is 16.1 Å². The van der Waals surface area contributed by atoms with Gasteiger partial charge in [-0.2, -0.15) is 0 Å². The second kappa shape index (κ2) is 4.17. The molecule has 4 rings (SSSR count). The number of hydrogen-bond acceptors (Lipinski definition) is 5. The van der Waals surface area contributed by atoms with E-state index in [2.05, 4.69) is 10.5 Å². The summed E-state index contributed by atoms with van der Waals surface area (Å²) < 4.78 is 4.89. The van der Waals surface area contributed by atoms with Crippen LogP contribution < -0.4 is 5.32 Å². The molecule has 1 aromatic carbocycles. The van der Waals surface area contributed by atoms with Gasteiger partial charge in [-0.15, -0.1) is 0 Å². The molecule has 0 saturated heterocycles. The molecule has 6 heteroatoms. The lowest BCUT2D eigenvalue weighted by Crippen LogP contribution is -2.13. The third-order valence-corrected chi connectivity index (χ3v) is 3.80. The Morgan fingerprint density at radius 3 is 2.86 bits per heavy atom. The minimum atomic E-state index is -0.304. The van der Waals surface area contributed by atoms with Crippen LogP contribution >= 0.6 is 11.6 Å². The summed E-state index contributed by atoms with van der Waals surface area (Å²) in [5, 5.41) is 7.12. The lowest BCUT2D eigenvalue weighted by atomic mass is 9.93. The first-order valence-electron chi connectivity index (χ1n) is 6.18. The first kappa shape index (κ1) is 12.1. The van der Waals surface area contributed by atoms with E-state index in [9.17, 15) is 9.59 Å². The van der Waals surface area contributed by atoms with Crippen molar-refractivity contribution in [2.24, 2.45) is 0 Å². The van der Waals surface area contributed by atoms with Gasteiger partial charge in [0.1, 0.15) is 12.0 Å². The van der Waals surface area contributed by atoms with E-state index in [1.807, 2.05) is 0 Å². The van der Waals surface area contributed by atoms with Crippen LogP contribution in [0, 0.1) is 0 Å². The second-order valence-corrected chi connectivity index (χ2v) is 5.08. The molecule has 0 amide bonds. The molecule has 102 valence electrons. The van der Waals surface area contributed by atoms with Crippen molar-refractivity contribution >= 4 is 40.5 Å². The maximum absolute atomic E-state index is 12.6. The maximum Gasteiger partial charge on any atom is 0.213 e. The number of benzene rings is 1. The number of aromatic nitrogens is 1. The van der Waals surface area contributed by atoms with Gasteiger partial charge in [0.15, 0.2) is 5.78 Å². The van der Waals surface area contributed by atoms with E-state index in [0.717, 1.165) is 0 Å². The summed E-state index contributed by atoms with van der Waals surface area (Å²) in [5.41, 5.74) is 2.45. The number of nitrogens with one attached hydrogen (secondary N) is 1. The molecule has 0 atom stereocenters. The third-order valence-electron chi connectivity index (χ3n) is 3.48. The fourth-order valence-electron chi connectivity index (χ4n) is 2.53. The van der Waals surface area contributed by atoms with Crippen LogP contribution in [-0.4, -0.2) is 16.7 Å². The quantitative estimate of drug-likeness (QED) is 0.757. The van der Waals surface area contributed by atoms with Crippen molar-refractivity contribution in [1.82, 2.24) is 5.16 Å². The molecule has 21 heavy (non-hydrogen) atoms. The normalized spacial score (nSPS) is 19.5. The van der Waals surface area contributed by atoms with E-state index >= 15 is 0 Å². The number of ketones is 2. The summed E-state index contributed by atoms with van der Waals surface area (Å²) >= 11 is 6.07. The van der Waals surface area contributed by atoms with Gasteiger partial charge in [0.2, 0.25) is 5.78 Å². The van der Waals surface area contributed by atoms with Crippen molar-refractivity contribution in [1.29, 1.82) is 0 Å². The molecule has 1 aliphatic carbocycles. The summed E-state index contributed by atoms with van der Waals surface area (Å²) in [4.78, 5) is 24.7. The lowest BCUT2D eigenvalue weighted by Gasteiger charge is -2.09. The summed E-state index contributed by atoms with van der Waals surface area (Å²) in [5.74, 6) is -0.577. The number of anilines is 1. The van der Waals surface area contributed by atoms with Gasteiger partial charge in [0, 0.05) is 0 Å². The van der Waals surface area contributed by atoms with Crippen LogP contribution in [0.15, 0.2) is 40.8 Å². The number of hydrogen-bond donors (Lipinski definition) is 1. The first-order valence-corrected chi connectivity index (χ1v) is 6.56. The average molecular weight is 299 g/mol. The zero-order chi connectivity index (χ0) is 14.6. The minimum absolute atomic E-state index is 0.205. The van der Waals surface area contributed by atoms with E-state index in [1.165, 1.54) is 12.3 Å². The molecular formula is C15H7ClN2O3. The molecule has 2 heterocycles. The van der Waals surface area contributed by atoms with Gasteiger partial charge in [0.25, 0.3) is 0 Å². The summed E-state index contributed by atoms with van der Waals surface area (Å²) in [6, 6.07) is 5.12. The summed E-state index contributed by atoms with van der Waals surface area (Å²) in [6.07, 6.45) is 4.29. The number of allylic oxidation sites excluding steroid dienone is 3. The van der Waals surface area contributed by atoms with Crippen LogP contribution in [0.2, 0.25) is 5.02 Å². The van der Waals surface area contributed by atoms with Gasteiger partial charge in [-0.25, -0.2) is 0 Å². The van der Waals surface area contributed by atoms with Gasteiger partial charge in [-0.3, -0.25) is 9.59 Å². The second-order valence-electron chi connectivity index (χ2n) is 4.68. The van der Waals surface area contributed by atoms with Crippen molar-refractivity contribution < 1.29 is 14.1 Å². The highest BCUT2D eigenvalue weighted by molar-refractivity contribution is 6.41. The van der Waals surface area contributed by atoms with Crippen LogP contribution in [0.1, 0.15) is 21.6 Å². The Kier molecular flexibility index (Phi) is 2.40. The topological polar surface area (TPSA) is 72.2 Å². The molecule has 1 N–H and O–H groups in total. The van der Waals surface area contributed by atoms with Crippen molar-refractivity contribution in [2.45, 2.75) is 0 Å². The molecule has 0 unspecified atom stereocenters. The standard InChI is InChI=1S/C15H7ClN2O3/c16-8-2-1-3-10-13(8)15(20)14(17-10)12-7-6-21-18-9(7)4-5-11(12)19/h1-6,17H/b14-12+. The van der Waals surface area contributed by atoms with Gasteiger partial charge in [-0.1, -0.05) is 22.8 Å². The van der Waals surface area contributed by atoms with E-state index in [-0.39, 0.29) is 22.8 Å². The molecule has 0 bridgehead atoms. The Morgan fingerprint density at radius 2 is 2.05 bits per heavy atom. The smallest absolute Gasteiger partial charge is 0.213 e. The highest BCUT2D eigenvalue weighted by Crippen LogP contribution is 2.38. The highest BCUT2D eigenvalue weighted by atomic mass is 35.5. The highest BCUT2D eigenvalue weighted by Gasteiger charge is 2.34. The minimum Gasteiger partial charge on any atom is -0.363 e. The van der Waals surface area contributed by atoms with E-state index in [0.29, 0.717) is 27.5 Å². The van der Waals surface area contributed by atoms with Gasteiger partial charge >= 0.3 is 0 Å². The Balaban J connectivity index is 1.97. The number of rotatable bonds is 0. The number of fused-ring (bicyclic) bond motifs is 2. The Bertz CT molecular complexity index is 877. The van der Waals surface area contributed by atoms with Crippen molar-refractivity contribution in [3.05, 3.63) is 58.1 Å². The Hall–Kier alpha value is -2.66. The first-order chi connectivity index (χ1) is 10.2. The predicted molar refractivity (Wildman–Crippen MR) is 76.9 cm³/mol. The summed E-state index contributed by atoms with van der Waals surface area (Å²) in [7, 11) is 0. The third kappa shape index (κ3) is 1.61. The molecule has 0 radical (unpaired) electrons. The number of carbonyl (C=O) groups excluding carboxylic acids is 2. The largest absolute Gasteiger partial charge is 0.363 e. The lowest BCUT2D eigenvalue weighted by molar-refractivity contribution is -0.109. The van der Waals surface area contributed by atoms with Crippen LogP contribution in [0.25, 0.3) is 11.6 Å². The van der Waals surface area contributed by atoms with Crippen molar-refractivity contribution in [3.63, 3.8) is 0 Å². The molecule has 1 aliphatic heterocycles. The SMILES string of the molecule is O=C1C=Cc2nocc2/C1=C1\Nc2cccc(Cl)c2C1=O. The molecule has 0 fully saturated rings. The van der Waals surface area contributed by atoms with Gasteiger partial charge in [0.05, 0.1) is 33.1 Å². The molecular weight excluding hydrogens is 292 g/mol. The van der Waals surface area contributed by atoms with E-state index in [1.54, 1.807) is 24.3 Å². The fraction of sp³-hybridized carbons (Fsp3) is 0. The predicted octanol–water partition coefficient (Wildman–Crippen LogP) is 2.94. The van der Waals surface area contributed by atoms with Crippen LogP contribution in [0.4, 0.5) is 5.69 Å². The molecule has 1 aromatic heterocycles. The van der Waals surface area contributed by atoms with Crippen molar-refractivity contribution in [3.8, 4) is 0 Å². The number of Topliss-reactive ketones (excluding diaryl/α,β-unsaturated/α-hetero) is 1. The van der Waals surface area contributed by atoms with Crippen molar-refractivity contribution in [2.75, 3.05) is 5.32 Å². The van der Waals surface area contributed by atoms with Crippen LogP contribution in [-0.2, 0) is 4.79 Å². The number of halogens is 1. The number of nitrogens with zero attached hydrogens (tertiary/aromatic N) is 1. The fourth-order valence-corrected chi connectivity index (χ4v) is 2.79. The molecule has 0 saturated carbocycles. The maximum atomic E-state index is 12.6. The molecule has 2 aliphatic rings. The molecule has 5 nitrogen and oxygen atoms in total. The Labute approximate surface area is 123 Å². The van der Waals surface area contributed by atoms with Crippen LogP contribution in [0.5, 0.6) is 0 Å². The molecule has 2 aromatic rings. The van der Waals surface area contributed by atoms with Crippen LogP contribution in [0.3, 0.4) is 0 Å². The van der Waals surface area contributed by atoms with E-state index < -0.39 is 0 Å². The Morgan fingerprint density at radius 1 is 1.19 bits per heavy atom. The average Bonchev–Trinajstić information content (AvgIpc) is 3.05. The summed E-state index contributed by atoms with van der Waals surface area (Å²) in [6.45, 7) is 0. The zero-order valence-electron chi connectivity index (χ0n) is 10.5. The monoisotopic (exact) mass is 298 g/mol. The molecule has 0 spiro atoms. The number of carbonyl (C=O) groups is 2. The van der Waals surface area contributed by atoms with Gasteiger partial charge < -0.3 is 9.84 Å².